The van der Waals surface area contributed by atoms with E-state index >= 15 is 0 Å². The summed E-state index contributed by atoms with van der Waals surface area (Å²) in [4.78, 5) is 12.3. The molecule has 1 aliphatic rings. The molecule has 0 aliphatic heterocycles. The Morgan fingerprint density at radius 1 is 1.00 bits per heavy atom. The quantitative estimate of drug-likeness (QED) is 0.858. The van der Waals surface area contributed by atoms with Crippen molar-refractivity contribution in [3.05, 3.63) is 59.2 Å². The second-order valence-corrected chi connectivity index (χ2v) is 4.89. The average molecular weight is 268 g/mol. The van der Waals surface area contributed by atoms with Crippen LogP contribution in [0.4, 0.5) is 0 Å². The highest BCUT2D eigenvalue weighted by molar-refractivity contribution is 5.95. The van der Waals surface area contributed by atoms with Crippen molar-refractivity contribution < 1.29 is 14.3 Å². The molecular formula is C17H16O3. The van der Waals surface area contributed by atoms with Crippen LogP contribution in [0.3, 0.4) is 0 Å². The van der Waals surface area contributed by atoms with Crippen LogP contribution in [0, 0.1) is 0 Å². The number of carbonyl (C=O) groups is 1. The zero-order valence-corrected chi connectivity index (χ0v) is 11.6. The predicted molar refractivity (Wildman–Crippen MR) is 76.5 cm³/mol. The number of fused-ring (bicyclic) bond motifs is 1. The summed E-state index contributed by atoms with van der Waals surface area (Å²) in [6.07, 6.45) is 0.509. The summed E-state index contributed by atoms with van der Waals surface area (Å²) in [5.41, 5.74) is 3.18. The number of ether oxygens (including phenoxy) is 2. The van der Waals surface area contributed by atoms with Crippen LogP contribution in [0.2, 0.25) is 0 Å². The SMILES string of the molecule is COc1ccc(C2C(=O)Cc3ccccc32)cc1OC. The molecule has 1 unspecified atom stereocenters. The Balaban J connectivity index is 2.07. The molecule has 3 heteroatoms. The molecule has 0 heterocycles. The highest BCUT2D eigenvalue weighted by Gasteiger charge is 2.31. The van der Waals surface area contributed by atoms with Gasteiger partial charge in [-0.25, -0.2) is 0 Å². The van der Waals surface area contributed by atoms with E-state index < -0.39 is 0 Å². The van der Waals surface area contributed by atoms with Crippen molar-refractivity contribution in [2.75, 3.05) is 14.2 Å². The highest BCUT2D eigenvalue weighted by atomic mass is 16.5. The first-order valence-corrected chi connectivity index (χ1v) is 6.57. The Bertz CT molecular complexity index is 661. The Labute approximate surface area is 118 Å². The number of carbonyl (C=O) groups excluding carboxylic acids is 1. The number of Topliss-reactive ketones (excluding diaryl/α,β-unsaturated/α-hetero) is 1. The fourth-order valence-corrected chi connectivity index (χ4v) is 2.84. The molecule has 0 radical (unpaired) electrons. The molecule has 0 fully saturated rings. The standard InChI is InChI=1S/C17H16O3/c1-19-15-8-7-12(10-16(15)20-2)17-13-6-4-3-5-11(13)9-14(17)18/h3-8,10,17H,9H2,1-2H3. The van der Waals surface area contributed by atoms with Crippen molar-refractivity contribution in [3.8, 4) is 11.5 Å². The van der Waals surface area contributed by atoms with E-state index in [9.17, 15) is 4.79 Å². The molecule has 0 spiro atoms. The molecule has 20 heavy (non-hydrogen) atoms. The summed E-state index contributed by atoms with van der Waals surface area (Å²) in [5.74, 6) is 1.38. The number of ketones is 1. The van der Waals surface area contributed by atoms with E-state index in [0.717, 1.165) is 16.7 Å². The third kappa shape index (κ3) is 1.95. The van der Waals surface area contributed by atoms with E-state index in [-0.39, 0.29) is 11.7 Å². The van der Waals surface area contributed by atoms with E-state index in [1.54, 1.807) is 14.2 Å². The monoisotopic (exact) mass is 268 g/mol. The van der Waals surface area contributed by atoms with Gasteiger partial charge in [0.25, 0.3) is 0 Å². The van der Waals surface area contributed by atoms with E-state index in [2.05, 4.69) is 0 Å². The number of methoxy groups -OCH3 is 2. The van der Waals surface area contributed by atoms with Crippen LogP contribution >= 0.6 is 0 Å². The minimum absolute atomic E-state index is 0.189. The summed E-state index contributed by atoms with van der Waals surface area (Å²) >= 11 is 0. The van der Waals surface area contributed by atoms with Crippen LogP contribution in [0.1, 0.15) is 22.6 Å². The van der Waals surface area contributed by atoms with Crippen molar-refractivity contribution in [1.29, 1.82) is 0 Å². The molecule has 2 aromatic carbocycles. The van der Waals surface area contributed by atoms with Gasteiger partial charge >= 0.3 is 0 Å². The Kier molecular flexibility index (Phi) is 3.18. The third-order valence-corrected chi connectivity index (χ3v) is 3.79. The summed E-state index contributed by atoms with van der Waals surface area (Å²) in [6, 6.07) is 13.7. The normalized spacial score (nSPS) is 16.9. The fourth-order valence-electron chi connectivity index (χ4n) is 2.84. The van der Waals surface area contributed by atoms with Gasteiger partial charge in [0.15, 0.2) is 11.5 Å². The first-order chi connectivity index (χ1) is 9.74. The zero-order chi connectivity index (χ0) is 14.1. The first kappa shape index (κ1) is 12.7. The number of hydrogen-bond donors (Lipinski definition) is 0. The van der Waals surface area contributed by atoms with Gasteiger partial charge < -0.3 is 9.47 Å². The largest absolute Gasteiger partial charge is 0.493 e. The van der Waals surface area contributed by atoms with Crippen LogP contribution in [0.25, 0.3) is 0 Å². The van der Waals surface area contributed by atoms with Crippen molar-refractivity contribution in [2.24, 2.45) is 0 Å². The number of benzene rings is 2. The van der Waals surface area contributed by atoms with Gasteiger partial charge in [-0.05, 0) is 28.8 Å². The van der Waals surface area contributed by atoms with E-state index in [4.69, 9.17) is 9.47 Å². The maximum atomic E-state index is 12.3. The van der Waals surface area contributed by atoms with Crippen LogP contribution in [-0.4, -0.2) is 20.0 Å². The molecule has 3 nitrogen and oxygen atoms in total. The summed E-state index contributed by atoms with van der Waals surface area (Å²) in [5, 5.41) is 0. The van der Waals surface area contributed by atoms with Gasteiger partial charge in [-0.15, -0.1) is 0 Å². The Hall–Kier alpha value is -2.29. The molecular weight excluding hydrogens is 252 g/mol. The third-order valence-electron chi connectivity index (χ3n) is 3.79. The lowest BCUT2D eigenvalue weighted by molar-refractivity contribution is -0.118. The fraction of sp³-hybridized carbons (Fsp3) is 0.235. The molecule has 0 N–H and O–H groups in total. The van der Waals surface area contributed by atoms with Gasteiger partial charge in [-0.2, -0.15) is 0 Å². The summed E-state index contributed by atoms with van der Waals surface area (Å²) in [6.45, 7) is 0. The van der Waals surface area contributed by atoms with Gasteiger partial charge in [-0.3, -0.25) is 4.79 Å². The number of hydrogen-bond acceptors (Lipinski definition) is 3. The number of rotatable bonds is 3. The molecule has 2 aromatic rings. The topological polar surface area (TPSA) is 35.5 Å². The van der Waals surface area contributed by atoms with Crippen molar-refractivity contribution in [3.63, 3.8) is 0 Å². The molecule has 1 atom stereocenters. The molecule has 0 saturated carbocycles. The zero-order valence-electron chi connectivity index (χ0n) is 11.6. The molecule has 102 valence electrons. The van der Waals surface area contributed by atoms with Crippen molar-refractivity contribution >= 4 is 5.78 Å². The first-order valence-electron chi connectivity index (χ1n) is 6.57. The van der Waals surface area contributed by atoms with Crippen molar-refractivity contribution in [2.45, 2.75) is 12.3 Å². The molecule has 3 rings (SSSR count). The smallest absolute Gasteiger partial charge is 0.161 e. The second kappa shape index (κ2) is 5.00. The molecule has 0 amide bonds. The minimum Gasteiger partial charge on any atom is -0.493 e. The molecule has 1 aliphatic carbocycles. The van der Waals surface area contributed by atoms with E-state index in [0.29, 0.717) is 17.9 Å². The van der Waals surface area contributed by atoms with Crippen LogP contribution in [-0.2, 0) is 11.2 Å². The van der Waals surface area contributed by atoms with Gasteiger partial charge in [0.1, 0.15) is 5.78 Å². The van der Waals surface area contributed by atoms with E-state index in [1.165, 1.54) is 0 Å². The highest BCUT2D eigenvalue weighted by Crippen LogP contribution is 2.38. The Morgan fingerprint density at radius 3 is 2.50 bits per heavy atom. The van der Waals surface area contributed by atoms with E-state index in [1.807, 2.05) is 42.5 Å². The maximum Gasteiger partial charge on any atom is 0.161 e. The molecule has 0 bridgehead atoms. The second-order valence-electron chi connectivity index (χ2n) is 4.89. The molecule has 0 aromatic heterocycles. The van der Waals surface area contributed by atoms with Gasteiger partial charge in [-0.1, -0.05) is 30.3 Å². The maximum absolute atomic E-state index is 12.3. The van der Waals surface area contributed by atoms with Crippen LogP contribution in [0.15, 0.2) is 42.5 Å². The van der Waals surface area contributed by atoms with Crippen molar-refractivity contribution in [1.82, 2.24) is 0 Å². The lowest BCUT2D eigenvalue weighted by Crippen LogP contribution is -2.08. The predicted octanol–water partition coefficient (Wildman–Crippen LogP) is 2.96. The lowest BCUT2D eigenvalue weighted by atomic mass is 9.92. The van der Waals surface area contributed by atoms with Crippen LogP contribution < -0.4 is 9.47 Å². The summed E-state index contributed by atoms with van der Waals surface area (Å²) in [7, 11) is 3.21. The Morgan fingerprint density at radius 2 is 1.75 bits per heavy atom. The average Bonchev–Trinajstić information content (AvgIpc) is 2.82. The minimum atomic E-state index is -0.189. The lowest BCUT2D eigenvalue weighted by Gasteiger charge is -2.14. The van der Waals surface area contributed by atoms with Gasteiger partial charge in [0.05, 0.1) is 20.1 Å². The van der Waals surface area contributed by atoms with Gasteiger partial charge in [0.2, 0.25) is 0 Å². The molecule has 0 saturated heterocycles. The van der Waals surface area contributed by atoms with Crippen LogP contribution in [0.5, 0.6) is 11.5 Å². The summed E-state index contributed by atoms with van der Waals surface area (Å²) < 4.78 is 10.6. The van der Waals surface area contributed by atoms with Gasteiger partial charge in [0, 0.05) is 6.42 Å².